The predicted molar refractivity (Wildman–Crippen MR) is 114 cm³/mol. The molecule has 30 heavy (non-hydrogen) atoms. The number of carbonyl (C=O) groups is 1. The smallest absolute Gasteiger partial charge is 0.354 e. The van der Waals surface area contributed by atoms with Gasteiger partial charge in [-0.25, -0.2) is 14.2 Å². The lowest BCUT2D eigenvalue weighted by molar-refractivity contribution is 0.0689. The molecule has 0 aliphatic heterocycles. The minimum Gasteiger partial charge on any atom is -0.477 e. The van der Waals surface area contributed by atoms with E-state index >= 15 is 4.39 Å². The number of halogens is 2. The SMILES string of the molecule is CC(C)n1cc(-n2c(N)c(Sc3cccc(C(=O)O)n3)c3ccc(Cl)c(F)c32)cn1. The molecule has 0 fully saturated rings. The minimum atomic E-state index is -1.13. The van der Waals surface area contributed by atoms with E-state index in [1.807, 2.05) is 13.8 Å². The number of fused-ring (bicyclic) bond motifs is 1. The molecular formula is C20H17ClFN5O2S. The van der Waals surface area contributed by atoms with Crippen LogP contribution in [0.5, 0.6) is 0 Å². The van der Waals surface area contributed by atoms with Crippen LogP contribution in [0.2, 0.25) is 5.02 Å². The molecule has 154 valence electrons. The van der Waals surface area contributed by atoms with Gasteiger partial charge in [0.1, 0.15) is 16.5 Å². The van der Waals surface area contributed by atoms with Gasteiger partial charge < -0.3 is 10.8 Å². The highest BCUT2D eigenvalue weighted by Crippen LogP contribution is 2.43. The number of aromatic nitrogens is 4. The fourth-order valence-electron chi connectivity index (χ4n) is 3.10. The van der Waals surface area contributed by atoms with Gasteiger partial charge in [0.15, 0.2) is 5.82 Å². The Morgan fingerprint density at radius 3 is 2.73 bits per heavy atom. The monoisotopic (exact) mass is 445 g/mol. The van der Waals surface area contributed by atoms with Gasteiger partial charge in [0.2, 0.25) is 0 Å². The van der Waals surface area contributed by atoms with Crippen LogP contribution in [0.25, 0.3) is 16.6 Å². The van der Waals surface area contributed by atoms with Gasteiger partial charge in [-0.3, -0.25) is 9.25 Å². The number of nitrogen functional groups attached to an aromatic ring is 1. The Balaban J connectivity index is 1.93. The summed E-state index contributed by atoms with van der Waals surface area (Å²) in [5.41, 5.74) is 7.17. The third-order valence-electron chi connectivity index (χ3n) is 4.54. The molecule has 1 aromatic carbocycles. The van der Waals surface area contributed by atoms with Gasteiger partial charge in [0, 0.05) is 17.6 Å². The summed E-state index contributed by atoms with van der Waals surface area (Å²) in [7, 11) is 0. The van der Waals surface area contributed by atoms with Crippen molar-refractivity contribution in [1.82, 2.24) is 19.3 Å². The molecule has 3 heterocycles. The fraction of sp³-hybridized carbons (Fsp3) is 0.150. The highest BCUT2D eigenvalue weighted by molar-refractivity contribution is 7.99. The molecule has 0 saturated heterocycles. The van der Waals surface area contributed by atoms with Crippen LogP contribution in [-0.2, 0) is 0 Å². The van der Waals surface area contributed by atoms with Crippen molar-refractivity contribution < 1.29 is 14.3 Å². The van der Waals surface area contributed by atoms with E-state index in [9.17, 15) is 9.90 Å². The number of aromatic carboxylic acids is 1. The average Bonchev–Trinajstić information content (AvgIpc) is 3.29. The molecule has 0 aliphatic rings. The Morgan fingerprint density at radius 1 is 1.30 bits per heavy atom. The molecule has 3 N–H and O–H groups in total. The molecule has 10 heteroatoms. The largest absolute Gasteiger partial charge is 0.477 e. The lowest BCUT2D eigenvalue weighted by Gasteiger charge is -2.07. The molecule has 0 atom stereocenters. The quantitative estimate of drug-likeness (QED) is 0.447. The van der Waals surface area contributed by atoms with Gasteiger partial charge in [-0.15, -0.1) is 0 Å². The van der Waals surface area contributed by atoms with Crippen molar-refractivity contribution in [2.75, 3.05) is 5.73 Å². The third-order valence-corrected chi connectivity index (χ3v) is 5.90. The number of nitrogens with two attached hydrogens (primary N) is 1. The van der Waals surface area contributed by atoms with Crippen molar-refractivity contribution in [3.8, 4) is 5.69 Å². The van der Waals surface area contributed by atoms with Crippen molar-refractivity contribution in [3.05, 3.63) is 59.3 Å². The van der Waals surface area contributed by atoms with Crippen LogP contribution >= 0.6 is 23.4 Å². The summed E-state index contributed by atoms with van der Waals surface area (Å²) in [6.07, 6.45) is 3.38. The summed E-state index contributed by atoms with van der Waals surface area (Å²) in [5.74, 6) is -1.45. The average molecular weight is 446 g/mol. The molecule has 3 aromatic heterocycles. The molecule has 0 radical (unpaired) electrons. The van der Waals surface area contributed by atoms with Crippen molar-refractivity contribution in [2.45, 2.75) is 29.8 Å². The number of benzene rings is 1. The maximum absolute atomic E-state index is 15.1. The van der Waals surface area contributed by atoms with Crippen molar-refractivity contribution in [3.63, 3.8) is 0 Å². The van der Waals surface area contributed by atoms with Crippen molar-refractivity contribution >= 4 is 46.1 Å². The van der Waals surface area contributed by atoms with Crippen LogP contribution in [0.15, 0.2) is 52.6 Å². The normalized spacial score (nSPS) is 11.5. The Kier molecular flexibility index (Phi) is 5.17. The van der Waals surface area contributed by atoms with E-state index in [0.29, 0.717) is 21.0 Å². The van der Waals surface area contributed by atoms with E-state index in [2.05, 4.69) is 10.1 Å². The highest BCUT2D eigenvalue weighted by Gasteiger charge is 2.23. The second-order valence-corrected chi connectivity index (χ2v) is 8.29. The van der Waals surface area contributed by atoms with Gasteiger partial charge in [-0.05, 0) is 38.1 Å². The van der Waals surface area contributed by atoms with Crippen LogP contribution < -0.4 is 5.73 Å². The maximum atomic E-state index is 15.1. The van der Waals surface area contributed by atoms with Gasteiger partial charge in [-0.1, -0.05) is 29.4 Å². The summed E-state index contributed by atoms with van der Waals surface area (Å²) < 4.78 is 18.4. The summed E-state index contributed by atoms with van der Waals surface area (Å²) >= 11 is 7.21. The van der Waals surface area contributed by atoms with Gasteiger partial charge in [-0.2, -0.15) is 5.10 Å². The first-order valence-electron chi connectivity index (χ1n) is 8.98. The fourth-order valence-corrected chi connectivity index (χ4v) is 4.22. The van der Waals surface area contributed by atoms with Crippen LogP contribution in [-0.4, -0.2) is 30.4 Å². The second-order valence-electron chi connectivity index (χ2n) is 6.85. The van der Waals surface area contributed by atoms with E-state index in [1.54, 1.807) is 39.8 Å². The number of hydrogen-bond acceptors (Lipinski definition) is 5. The van der Waals surface area contributed by atoms with E-state index in [1.165, 1.54) is 12.1 Å². The third kappa shape index (κ3) is 3.40. The Bertz CT molecular complexity index is 1280. The van der Waals surface area contributed by atoms with Gasteiger partial charge in [0.05, 0.1) is 27.3 Å². The number of carboxylic acid groups (broad SMARTS) is 1. The zero-order valence-corrected chi connectivity index (χ0v) is 17.6. The lowest BCUT2D eigenvalue weighted by Crippen LogP contribution is -2.02. The first-order valence-corrected chi connectivity index (χ1v) is 10.2. The number of rotatable bonds is 5. The number of carboxylic acids is 1. The Morgan fingerprint density at radius 2 is 2.07 bits per heavy atom. The topological polar surface area (TPSA) is 99.0 Å². The summed E-state index contributed by atoms with van der Waals surface area (Å²) in [5, 5.41) is 14.4. The zero-order chi connectivity index (χ0) is 21.6. The molecule has 0 saturated carbocycles. The molecule has 0 aliphatic carbocycles. The molecule has 7 nitrogen and oxygen atoms in total. The predicted octanol–water partition coefficient (Wildman–Crippen LogP) is 5.03. The van der Waals surface area contributed by atoms with E-state index in [4.69, 9.17) is 17.3 Å². The van der Waals surface area contributed by atoms with Crippen LogP contribution in [0, 0.1) is 5.82 Å². The maximum Gasteiger partial charge on any atom is 0.354 e. The van der Waals surface area contributed by atoms with Crippen LogP contribution in [0.4, 0.5) is 10.2 Å². The number of anilines is 1. The van der Waals surface area contributed by atoms with Crippen molar-refractivity contribution in [2.24, 2.45) is 0 Å². The van der Waals surface area contributed by atoms with Gasteiger partial charge >= 0.3 is 5.97 Å². The molecule has 4 rings (SSSR count). The molecule has 0 spiro atoms. The van der Waals surface area contributed by atoms with Gasteiger partial charge in [0.25, 0.3) is 0 Å². The van der Waals surface area contributed by atoms with E-state index < -0.39 is 11.8 Å². The van der Waals surface area contributed by atoms with E-state index in [0.717, 1.165) is 11.8 Å². The molecule has 0 amide bonds. The Labute approximate surface area is 180 Å². The van der Waals surface area contributed by atoms with Crippen LogP contribution in [0.3, 0.4) is 0 Å². The molecule has 0 unspecified atom stereocenters. The Hall–Kier alpha value is -3.04. The first-order chi connectivity index (χ1) is 14.3. The first kappa shape index (κ1) is 20.2. The lowest BCUT2D eigenvalue weighted by atomic mass is 10.2. The number of nitrogens with zero attached hydrogens (tertiary/aromatic N) is 4. The number of hydrogen-bond donors (Lipinski definition) is 2. The molecule has 4 aromatic rings. The van der Waals surface area contributed by atoms with Crippen LogP contribution in [0.1, 0.15) is 30.4 Å². The molecular weight excluding hydrogens is 429 g/mol. The summed E-state index contributed by atoms with van der Waals surface area (Å²) in [4.78, 5) is 15.9. The zero-order valence-electron chi connectivity index (χ0n) is 16.0. The standard InChI is InChI=1S/C20H17ClFN5O2S/c1-10(2)26-9-11(8-24-26)27-17-12(6-7-13(21)16(17)22)18(19(27)23)30-15-5-3-4-14(25-15)20(28)29/h3-10H,23H2,1-2H3,(H,28,29). The van der Waals surface area contributed by atoms with E-state index in [-0.39, 0.29) is 28.1 Å². The number of pyridine rings is 1. The second kappa shape index (κ2) is 7.66. The highest BCUT2D eigenvalue weighted by atomic mass is 35.5. The summed E-state index contributed by atoms with van der Waals surface area (Å²) in [6.45, 7) is 3.96. The van der Waals surface area contributed by atoms with Crippen molar-refractivity contribution in [1.29, 1.82) is 0 Å². The minimum absolute atomic E-state index is 0.0277. The molecule has 0 bridgehead atoms. The summed E-state index contributed by atoms with van der Waals surface area (Å²) in [6, 6.07) is 7.93.